The number of carbonyl (C=O) groups excluding carboxylic acids is 2. The zero-order valence-corrected chi connectivity index (χ0v) is 15.5. The summed E-state index contributed by atoms with van der Waals surface area (Å²) in [5, 5.41) is 6.02. The first-order valence-corrected chi connectivity index (χ1v) is 8.60. The number of anilines is 1. The Labute approximate surface area is 153 Å². The number of benzene rings is 1. The van der Waals surface area contributed by atoms with Crippen molar-refractivity contribution in [2.75, 3.05) is 59.0 Å². The maximum absolute atomic E-state index is 12.4. The van der Waals surface area contributed by atoms with Crippen LogP contribution in [0.5, 0.6) is 11.5 Å². The number of nitrogens with zero attached hydrogens (tertiary/aromatic N) is 1. The molecule has 1 atom stereocenters. The highest BCUT2D eigenvalue weighted by Gasteiger charge is 2.36. The van der Waals surface area contributed by atoms with Gasteiger partial charge >= 0.3 is 0 Å². The molecule has 0 saturated carbocycles. The second-order valence-corrected chi connectivity index (χ2v) is 5.98. The number of ether oxygens (including phenoxy) is 3. The van der Waals surface area contributed by atoms with Crippen molar-refractivity contribution >= 4 is 17.5 Å². The van der Waals surface area contributed by atoms with Gasteiger partial charge in [-0.25, -0.2) is 0 Å². The number of hydrogen-bond acceptors (Lipinski definition) is 6. The number of rotatable bonds is 10. The molecule has 8 heteroatoms. The monoisotopic (exact) mass is 365 g/mol. The lowest BCUT2D eigenvalue weighted by Crippen LogP contribution is -2.37. The van der Waals surface area contributed by atoms with Crippen molar-refractivity contribution in [3.05, 3.63) is 18.2 Å². The molecule has 1 aromatic carbocycles. The molecule has 0 aliphatic carbocycles. The van der Waals surface area contributed by atoms with Crippen LogP contribution in [0.4, 0.5) is 5.69 Å². The number of hydrogen-bond donors (Lipinski definition) is 2. The molecule has 1 fully saturated rings. The topological polar surface area (TPSA) is 89.1 Å². The molecule has 0 aromatic heterocycles. The van der Waals surface area contributed by atoms with Crippen LogP contribution in [0.2, 0.25) is 0 Å². The van der Waals surface area contributed by atoms with Crippen LogP contribution in [0.1, 0.15) is 6.42 Å². The third-order valence-corrected chi connectivity index (χ3v) is 4.26. The molecule has 1 aliphatic heterocycles. The highest BCUT2D eigenvalue weighted by atomic mass is 16.5. The van der Waals surface area contributed by atoms with E-state index in [9.17, 15) is 9.59 Å². The third kappa shape index (κ3) is 5.09. The molecule has 2 amide bonds. The van der Waals surface area contributed by atoms with E-state index in [1.54, 1.807) is 44.4 Å². The van der Waals surface area contributed by atoms with Crippen LogP contribution in [0, 0.1) is 5.92 Å². The smallest absolute Gasteiger partial charge is 0.227 e. The van der Waals surface area contributed by atoms with Crippen molar-refractivity contribution in [3.63, 3.8) is 0 Å². The predicted molar refractivity (Wildman–Crippen MR) is 97.8 cm³/mol. The number of carbonyl (C=O) groups is 2. The third-order valence-electron chi connectivity index (χ3n) is 4.26. The van der Waals surface area contributed by atoms with E-state index in [2.05, 4.69) is 10.6 Å². The van der Waals surface area contributed by atoms with Crippen LogP contribution in [-0.2, 0) is 14.3 Å². The Morgan fingerprint density at radius 1 is 1.19 bits per heavy atom. The van der Waals surface area contributed by atoms with Crippen molar-refractivity contribution in [1.82, 2.24) is 10.6 Å². The van der Waals surface area contributed by atoms with Gasteiger partial charge in [-0.3, -0.25) is 9.59 Å². The quantitative estimate of drug-likeness (QED) is 0.584. The molecular weight excluding hydrogens is 338 g/mol. The maximum Gasteiger partial charge on any atom is 0.227 e. The summed E-state index contributed by atoms with van der Waals surface area (Å²) in [4.78, 5) is 26.3. The molecule has 1 aliphatic rings. The Bertz CT molecular complexity index is 623. The van der Waals surface area contributed by atoms with Crippen molar-refractivity contribution in [1.29, 1.82) is 0 Å². The second-order valence-electron chi connectivity index (χ2n) is 5.98. The fourth-order valence-corrected chi connectivity index (χ4v) is 2.84. The summed E-state index contributed by atoms with van der Waals surface area (Å²) in [5.41, 5.74) is 0.648. The van der Waals surface area contributed by atoms with Crippen LogP contribution < -0.4 is 25.0 Å². The first-order chi connectivity index (χ1) is 12.6. The largest absolute Gasteiger partial charge is 0.497 e. The Morgan fingerprint density at radius 3 is 2.69 bits per heavy atom. The van der Waals surface area contributed by atoms with Gasteiger partial charge in [0.25, 0.3) is 0 Å². The van der Waals surface area contributed by atoms with Gasteiger partial charge in [0.2, 0.25) is 11.8 Å². The first kappa shape index (κ1) is 20.0. The Balaban J connectivity index is 1.91. The summed E-state index contributed by atoms with van der Waals surface area (Å²) >= 11 is 0. The molecule has 1 saturated heterocycles. The van der Waals surface area contributed by atoms with Gasteiger partial charge in [-0.2, -0.15) is 0 Å². The lowest BCUT2D eigenvalue weighted by atomic mass is 10.1. The van der Waals surface area contributed by atoms with E-state index in [4.69, 9.17) is 14.2 Å². The molecule has 26 heavy (non-hydrogen) atoms. The number of methoxy groups -OCH3 is 3. The Hall–Kier alpha value is -2.32. The van der Waals surface area contributed by atoms with Crippen LogP contribution in [0.15, 0.2) is 18.2 Å². The van der Waals surface area contributed by atoms with E-state index in [1.807, 2.05) is 0 Å². The van der Waals surface area contributed by atoms with Gasteiger partial charge in [0.1, 0.15) is 11.5 Å². The number of nitrogens with one attached hydrogen (secondary N) is 2. The Kier molecular flexibility index (Phi) is 7.68. The van der Waals surface area contributed by atoms with E-state index in [0.29, 0.717) is 43.4 Å². The molecule has 8 nitrogen and oxygen atoms in total. The van der Waals surface area contributed by atoms with Gasteiger partial charge in [0, 0.05) is 45.8 Å². The SMILES string of the molecule is COCCNCCNC(=O)C1CC(=O)N(c2ccc(OC)cc2OC)C1. The zero-order chi connectivity index (χ0) is 18.9. The minimum Gasteiger partial charge on any atom is -0.497 e. The highest BCUT2D eigenvalue weighted by Crippen LogP contribution is 2.35. The van der Waals surface area contributed by atoms with Gasteiger partial charge in [0.05, 0.1) is 32.4 Å². The van der Waals surface area contributed by atoms with Gasteiger partial charge in [-0.05, 0) is 12.1 Å². The van der Waals surface area contributed by atoms with Gasteiger partial charge in [-0.15, -0.1) is 0 Å². The van der Waals surface area contributed by atoms with Crippen LogP contribution in [0.3, 0.4) is 0 Å². The van der Waals surface area contributed by atoms with Crippen molar-refractivity contribution in [2.45, 2.75) is 6.42 Å². The second kappa shape index (κ2) is 9.98. The van der Waals surface area contributed by atoms with Gasteiger partial charge in [0.15, 0.2) is 0 Å². The summed E-state index contributed by atoms with van der Waals surface area (Å²) in [7, 11) is 4.75. The zero-order valence-electron chi connectivity index (χ0n) is 15.5. The lowest BCUT2D eigenvalue weighted by Gasteiger charge is -2.20. The fraction of sp³-hybridized carbons (Fsp3) is 0.556. The van der Waals surface area contributed by atoms with Gasteiger partial charge < -0.3 is 29.7 Å². The van der Waals surface area contributed by atoms with E-state index >= 15 is 0 Å². The lowest BCUT2D eigenvalue weighted by molar-refractivity contribution is -0.126. The van der Waals surface area contributed by atoms with Crippen molar-refractivity contribution in [3.8, 4) is 11.5 Å². The molecule has 2 rings (SSSR count). The predicted octanol–water partition coefficient (Wildman–Crippen LogP) is 0.409. The first-order valence-electron chi connectivity index (χ1n) is 8.60. The molecule has 1 aromatic rings. The van der Waals surface area contributed by atoms with E-state index in [0.717, 1.165) is 6.54 Å². The molecule has 0 radical (unpaired) electrons. The van der Waals surface area contributed by atoms with E-state index in [-0.39, 0.29) is 24.2 Å². The van der Waals surface area contributed by atoms with Crippen LogP contribution >= 0.6 is 0 Å². The van der Waals surface area contributed by atoms with Crippen molar-refractivity contribution < 1.29 is 23.8 Å². The summed E-state index contributed by atoms with van der Waals surface area (Å²) in [5.74, 6) is 0.621. The summed E-state index contributed by atoms with van der Waals surface area (Å²) in [6, 6.07) is 5.27. The summed E-state index contributed by atoms with van der Waals surface area (Å²) in [6.45, 7) is 2.87. The molecule has 2 N–H and O–H groups in total. The summed E-state index contributed by atoms with van der Waals surface area (Å²) < 4.78 is 15.5. The van der Waals surface area contributed by atoms with Crippen LogP contribution in [-0.4, -0.2) is 65.9 Å². The Morgan fingerprint density at radius 2 is 2.00 bits per heavy atom. The van der Waals surface area contributed by atoms with Gasteiger partial charge in [-0.1, -0.05) is 0 Å². The average molecular weight is 365 g/mol. The van der Waals surface area contributed by atoms with Crippen molar-refractivity contribution in [2.24, 2.45) is 5.92 Å². The average Bonchev–Trinajstić information content (AvgIpc) is 3.05. The molecular formula is C18H27N3O5. The standard InChI is InChI=1S/C18H27N3O5/c1-24-9-8-19-6-7-20-18(23)13-10-17(22)21(12-13)15-5-4-14(25-2)11-16(15)26-3/h4-5,11,13,19H,6-10,12H2,1-3H3,(H,20,23). The summed E-state index contributed by atoms with van der Waals surface area (Å²) in [6.07, 6.45) is 0.193. The van der Waals surface area contributed by atoms with E-state index < -0.39 is 0 Å². The fourth-order valence-electron chi connectivity index (χ4n) is 2.84. The minimum absolute atomic E-state index is 0.0909. The molecule has 144 valence electrons. The van der Waals surface area contributed by atoms with E-state index in [1.165, 1.54) is 0 Å². The molecule has 0 bridgehead atoms. The normalized spacial score (nSPS) is 16.7. The maximum atomic E-state index is 12.4. The molecule has 1 unspecified atom stereocenters. The van der Waals surface area contributed by atoms with Crippen LogP contribution in [0.25, 0.3) is 0 Å². The molecule has 0 spiro atoms. The highest BCUT2D eigenvalue weighted by molar-refractivity contribution is 6.01. The molecule has 1 heterocycles. The number of amides is 2. The minimum atomic E-state index is -0.367.